The number of alkyl carbamates (subject to hydrolysis) is 3. The van der Waals surface area contributed by atoms with Crippen LogP contribution in [0.4, 0.5) is 30.7 Å². The number of benzene rings is 1. The maximum Gasteiger partial charge on any atom is 0.437 e. The molecule has 0 unspecified atom stereocenters. The van der Waals surface area contributed by atoms with E-state index < -0.39 is 57.6 Å². The van der Waals surface area contributed by atoms with Crippen molar-refractivity contribution in [2.75, 3.05) is 23.7 Å². The van der Waals surface area contributed by atoms with Crippen LogP contribution in [0.3, 0.4) is 0 Å². The van der Waals surface area contributed by atoms with Crippen LogP contribution in [0.15, 0.2) is 58.7 Å². The smallest absolute Gasteiger partial charge is 0.437 e. The molecule has 6 rings (SSSR count). The molecule has 1 aromatic carbocycles. The summed E-state index contributed by atoms with van der Waals surface area (Å²) in [6, 6.07) is 11.1. The quantitative estimate of drug-likeness (QED) is 0.0994. The molecule has 19 heteroatoms. The predicted molar refractivity (Wildman–Crippen MR) is 258 cm³/mol. The first-order valence-corrected chi connectivity index (χ1v) is 23.0. The van der Waals surface area contributed by atoms with Gasteiger partial charge in [-0.25, -0.2) is 29.2 Å². The summed E-state index contributed by atoms with van der Waals surface area (Å²) in [4.78, 5) is 92.4. The van der Waals surface area contributed by atoms with E-state index in [1.165, 1.54) is 0 Å². The third kappa shape index (κ3) is 15.8. The number of anilines is 2. The molecule has 3 aliphatic carbocycles. The number of ether oxygens (including phenoxy) is 4. The van der Waals surface area contributed by atoms with E-state index in [2.05, 4.69) is 41.6 Å². The number of pyridine rings is 1. The first-order chi connectivity index (χ1) is 31.5. The molecular weight excluding hydrogens is 875 g/mol. The van der Waals surface area contributed by atoms with Gasteiger partial charge in [-0.3, -0.25) is 25.5 Å². The van der Waals surface area contributed by atoms with Gasteiger partial charge in [0.15, 0.2) is 0 Å². The SMILES string of the molecule is CC(C)(C)OC(=O)/N=C(/NC(=O)OC(C)(C)C)N1CC=C(c2ccc(NC(=O)C34CCC(C(=O)Nc5ccc(CN=C(NC(=O)OC(C)(C)C)NC(=O)OC(C)(C)C)cn5)(CC3)CC4)cc2)CC1. The standard InChI is InChI=1S/C49H69N9O10/c1-44(2,3)65-40(61)54-38(55-41(62)66-45(4,5)6)51-30-31-13-18-35(50-29-31)53-37(60)49-24-21-48(22-25-49,23-26-49)36(59)52-34-16-14-32(15-17-34)33-19-27-58(28-20-33)39(56-42(63)67-46(7,8)9)57-43(64)68-47(10,11)12/h13-19,29H,20-28,30H2,1-12H3,(H,52,59)(H,50,53,60)(H,56,57,63,64)(H2,51,54,55,61,62). The highest BCUT2D eigenvalue weighted by molar-refractivity contribution is 6.02. The molecule has 3 fully saturated rings. The van der Waals surface area contributed by atoms with E-state index in [1.54, 1.807) is 106 Å². The minimum atomic E-state index is -0.830. The topological polar surface area (TPSA) is 240 Å². The number of hydrogen-bond acceptors (Lipinski definition) is 12. The summed E-state index contributed by atoms with van der Waals surface area (Å²) in [6.07, 6.45) is 4.42. The average molecular weight is 944 g/mol. The van der Waals surface area contributed by atoms with Crippen molar-refractivity contribution in [1.82, 2.24) is 25.8 Å². The zero-order chi connectivity index (χ0) is 50.3. The number of aromatic nitrogens is 1. The van der Waals surface area contributed by atoms with E-state index in [9.17, 15) is 28.8 Å². The molecule has 0 atom stereocenters. The fourth-order valence-electron chi connectivity index (χ4n) is 7.89. The first kappa shape index (κ1) is 52.4. The number of rotatable bonds is 7. The maximum absolute atomic E-state index is 13.9. The van der Waals surface area contributed by atoms with E-state index in [-0.39, 0.29) is 30.3 Å². The third-order valence-electron chi connectivity index (χ3n) is 11.2. The number of guanidine groups is 2. The van der Waals surface area contributed by atoms with Gasteiger partial charge >= 0.3 is 24.4 Å². The molecule has 5 N–H and O–H groups in total. The number of nitrogens with one attached hydrogen (secondary N) is 5. The van der Waals surface area contributed by atoms with Gasteiger partial charge in [-0.1, -0.05) is 24.3 Å². The molecule has 370 valence electrons. The van der Waals surface area contributed by atoms with Crippen molar-refractivity contribution in [3.8, 4) is 0 Å². The zero-order valence-corrected chi connectivity index (χ0v) is 41.6. The maximum atomic E-state index is 13.9. The highest BCUT2D eigenvalue weighted by Gasteiger charge is 2.55. The Morgan fingerprint density at radius 2 is 1.12 bits per heavy atom. The second kappa shape index (κ2) is 20.8. The van der Waals surface area contributed by atoms with Crippen LogP contribution in [-0.2, 0) is 35.1 Å². The Bertz CT molecular complexity index is 2240. The van der Waals surface area contributed by atoms with Crippen molar-refractivity contribution < 1.29 is 47.7 Å². The summed E-state index contributed by atoms with van der Waals surface area (Å²) >= 11 is 0. The molecule has 68 heavy (non-hydrogen) atoms. The molecule has 19 nitrogen and oxygen atoms in total. The highest BCUT2D eigenvalue weighted by atomic mass is 16.6. The van der Waals surface area contributed by atoms with Crippen LogP contribution in [-0.4, -0.2) is 93.5 Å². The number of hydrogen-bond donors (Lipinski definition) is 5. The van der Waals surface area contributed by atoms with Gasteiger partial charge in [0.05, 0.1) is 6.54 Å². The van der Waals surface area contributed by atoms with E-state index in [1.807, 2.05) is 30.3 Å². The second-order valence-corrected chi connectivity index (χ2v) is 21.5. The monoisotopic (exact) mass is 944 g/mol. The number of nitrogens with zero attached hydrogens (tertiary/aromatic N) is 4. The highest BCUT2D eigenvalue weighted by Crippen LogP contribution is 2.57. The van der Waals surface area contributed by atoms with Crippen molar-refractivity contribution in [3.05, 3.63) is 59.8 Å². The molecule has 1 aromatic heterocycles. The van der Waals surface area contributed by atoms with Gasteiger partial charge in [0.25, 0.3) is 0 Å². The van der Waals surface area contributed by atoms with Crippen molar-refractivity contribution in [2.45, 2.75) is 157 Å². The molecule has 6 amide bonds. The molecule has 2 heterocycles. The normalized spacial score (nSPS) is 19.6. The predicted octanol–water partition coefficient (Wildman–Crippen LogP) is 8.81. The Balaban J connectivity index is 1.14. The Morgan fingerprint density at radius 3 is 1.56 bits per heavy atom. The number of fused-ring (bicyclic) bond motifs is 3. The van der Waals surface area contributed by atoms with Crippen LogP contribution in [0.1, 0.15) is 139 Å². The van der Waals surface area contributed by atoms with Crippen LogP contribution in [0.5, 0.6) is 0 Å². The number of amides is 6. The zero-order valence-electron chi connectivity index (χ0n) is 41.6. The average Bonchev–Trinajstić information content (AvgIpc) is 3.21. The van der Waals surface area contributed by atoms with Gasteiger partial charge in [-0.2, -0.15) is 0 Å². The van der Waals surface area contributed by atoms with Crippen LogP contribution < -0.4 is 26.6 Å². The molecule has 1 aliphatic heterocycles. The lowest BCUT2D eigenvalue weighted by atomic mass is 9.53. The molecule has 3 saturated carbocycles. The molecule has 0 radical (unpaired) electrons. The number of carbonyl (C=O) groups excluding carboxylic acids is 6. The number of aliphatic imine (C=N–C) groups is 2. The van der Waals surface area contributed by atoms with Gasteiger partial charge in [-0.15, -0.1) is 4.99 Å². The first-order valence-electron chi connectivity index (χ1n) is 23.0. The Hall–Kier alpha value is -6.53. The van der Waals surface area contributed by atoms with Crippen LogP contribution in [0.2, 0.25) is 0 Å². The lowest BCUT2D eigenvalue weighted by Crippen LogP contribution is -2.52. The summed E-state index contributed by atoms with van der Waals surface area (Å²) in [5, 5.41) is 13.6. The largest absolute Gasteiger partial charge is 0.444 e. The van der Waals surface area contributed by atoms with Crippen molar-refractivity contribution in [2.24, 2.45) is 20.8 Å². The van der Waals surface area contributed by atoms with Crippen molar-refractivity contribution in [1.29, 1.82) is 0 Å². The minimum Gasteiger partial charge on any atom is -0.444 e. The lowest BCUT2D eigenvalue weighted by Gasteiger charge is -2.51. The summed E-state index contributed by atoms with van der Waals surface area (Å²) < 4.78 is 21.4. The fraction of sp³-hybridized carbons (Fsp3) is 0.571. The molecule has 0 spiro atoms. The third-order valence-corrected chi connectivity index (χ3v) is 11.2. The Labute approximate surface area is 399 Å². The molecule has 0 saturated heterocycles. The van der Waals surface area contributed by atoms with E-state index in [0.29, 0.717) is 75.1 Å². The van der Waals surface area contributed by atoms with Gasteiger partial charge in [-0.05, 0) is 163 Å². The molecular formula is C49H69N9O10. The summed E-state index contributed by atoms with van der Waals surface area (Å²) in [5.74, 6) is 0.0638. The van der Waals surface area contributed by atoms with Crippen LogP contribution in [0, 0.1) is 10.8 Å². The minimum absolute atomic E-state index is 0.0338. The van der Waals surface area contributed by atoms with E-state index in [4.69, 9.17) is 18.9 Å². The summed E-state index contributed by atoms with van der Waals surface area (Å²) in [5.41, 5.74) is -0.901. The van der Waals surface area contributed by atoms with Gasteiger partial charge in [0.2, 0.25) is 23.7 Å². The van der Waals surface area contributed by atoms with Crippen LogP contribution in [0.25, 0.3) is 5.57 Å². The van der Waals surface area contributed by atoms with Gasteiger partial charge in [0.1, 0.15) is 28.2 Å². The Kier molecular flexibility index (Phi) is 16.0. The lowest BCUT2D eigenvalue weighted by molar-refractivity contribution is -0.144. The van der Waals surface area contributed by atoms with E-state index in [0.717, 1.165) is 11.1 Å². The molecule has 2 bridgehead atoms. The summed E-state index contributed by atoms with van der Waals surface area (Å²) in [6.45, 7) is 21.6. The fourth-order valence-corrected chi connectivity index (χ4v) is 7.89. The molecule has 2 aromatic rings. The van der Waals surface area contributed by atoms with Crippen molar-refractivity contribution in [3.63, 3.8) is 0 Å². The summed E-state index contributed by atoms with van der Waals surface area (Å²) in [7, 11) is 0. The number of carbonyl (C=O) groups is 6. The molecule has 4 aliphatic rings. The van der Waals surface area contributed by atoms with E-state index >= 15 is 0 Å². The Morgan fingerprint density at radius 1 is 0.632 bits per heavy atom. The van der Waals surface area contributed by atoms with Crippen LogP contribution >= 0.6 is 0 Å². The van der Waals surface area contributed by atoms with Crippen molar-refractivity contribution >= 4 is 65.2 Å². The second-order valence-electron chi connectivity index (χ2n) is 21.5. The van der Waals surface area contributed by atoms with Gasteiger partial charge < -0.3 is 34.5 Å². The van der Waals surface area contributed by atoms with Gasteiger partial charge in [0, 0.05) is 35.8 Å².